The van der Waals surface area contributed by atoms with Gasteiger partial charge in [-0.1, -0.05) is 11.8 Å². The molecule has 6 nitrogen and oxygen atoms in total. The van der Waals surface area contributed by atoms with Gasteiger partial charge in [-0.15, -0.1) is 0 Å². The van der Waals surface area contributed by atoms with E-state index < -0.39 is 5.97 Å². The number of carbonyl (C=O) groups excluding carboxylic acids is 1. The second-order valence-electron chi connectivity index (χ2n) is 4.65. The molecule has 0 spiro atoms. The SMILES string of the molecule is CSc1ccc(C(=O)Nc2ccc(OCCCC(=O)O)cc2)o1. The molecule has 0 aliphatic carbocycles. The Bertz CT molecular complexity index is 665. The number of thioether (sulfide) groups is 1. The zero-order chi connectivity index (χ0) is 16.7. The van der Waals surface area contributed by atoms with E-state index in [1.54, 1.807) is 36.4 Å². The molecule has 23 heavy (non-hydrogen) atoms. The summed E-state index contributed by atoms with van der Waals surface area (Å²) >= 11 is 1.43. The van der Waals surface area contributed by atoms with Gasteiger partial charge in [-0.2, -0.15) is 0 Å². The summed E-state index contributed by atoms with van der Waals surface area (Å²) in [7, 11) is 0. The van der Waals surface area contributed by atoms with E-state index in [0.29, 0.717) is 29.6 Å². The number of furan rings is 1. The topological polar surface area (TPSA) is 88.8 Å². The molecule has 0 unspecified atom stereocenters. The molecule has 0 bridgehead atoms. The molecule has 0 fully saturated rings. The molecule has 0 aliphatic heterocycles. The molecule has 1 amide bonds. The van der Waals surface area contributed by atoms with Crippen molar-refractivity contribution in [3.63, 3.8) is 0 Å². The third kappa shape index (κ3) is 5.37. The number of aliphatic carboxylic acids is 1. The lowest BCUT2D eigenvalue weighted by Gasteiger charge is -2.07. The van der Waals surface area contributed by atoms with Crippen molar-refractivity contribution in [2.75, 3.05) is 18.2 Å². The first kappa shape index (κ1) is 17.0. The van der Waals surface area contributed by atoms with Gasteiger partial charge in [0.2, 0.25) is 0 Å². The number of carboxylic acids is 1. The van der Waals surface area contributed by atoms with E-state index in [-0.39, 0.29) is 18.1 Å². The van der Waals surface area contributed by atoms with Crippen LogP contribution in [0.4, 0.5) is 5.69 Å². The maximum atomic E-state index is 12.0. The normalized spacial score (nSPS) is 10.3. The predicted molar refractivity (Wildman–Crippen MR) is 87.2 cm³/mol. The molecule has 0 aliphatic rings. The lowest BCUT2D eigenvalue weighted by molar-refractivity contribution is -0.137. The molecule has 122 valence electrons. The summed E-state index contributed by atoms with van der Waals surface area (Å²) < 4.78 is 10.8. The van der Waals surface area contributed by atoms with Crippen molar-refractivity contribution in [3.05, 3.63) is 42.2 Å². The number of benzene rings is 1. The van der Waals surface area contributed by atoms with Crippen molar-refractivity contribution < 1.29 is 23.8 Å². The average Bonchev–Trinajstić information content (AvgIpc) is 3.02. The minimum absolute atomic E-state index is 0.0787. The molecule has 7 heteroatoms. The lowest BCUT2D eigenvalue weighted by Crippen LogP contribution is -2.10. The van der Waals surface area contributed by atoms with Gasteiger partial charge in [0.1, 0.15) is 5.75 Å². The highest BCUT2D eigenvalue weighted by Gasteiger charge is 2.11. The fourth-order valence-electron chi connectivity index (χ4n) is 1.79. The van der Waals surface area contributed by atoms with Gasteiger partial charge in [0, 0.05) is 12.1 Å². The zero-order valence-corrected chi connectivity index (χ0v) is 13.4. The van der Waals surface area contributed by atoms with Gasteiger partial charge in [0.05, 0.1) is 6.61 Å². The summed E-state index contributed by atoms with van der Waals surface area (Å²) in [6.07, 6.45) is 2.40. The smallest absolute Gasteiger partial charge is 0.303 e. The summed E-state index contributed by atoms with van der Waals surface area (Å²) in [6.45, 7) is 0.335. The Morgan fingerprint density at radius 2 is 1.96 bits per heavy atom. The molecular formula is C16H17NO5S. The Balaban J connectivity index is 1.84. The van der Waals surface area contributed by atoms with Crippen LogP contribution in [0.3, 0.4) is 0 Å². The van der Waals surface area contributed by atoms with Crippen LogP contribution in [0, 0.1) is 0 Å². The van der Waals surface area contributed by atoms with Crippen LogP contribution in [0.1, 0.15) is 23.4 Å². The quantitative estimate of drug-likeness (QED) is 0.567. The molecule has 2 rings (SSSR count). The maximum absolute atomic E-state index is 12.0. The minimum Gasteiger partial charge on any atom is -0.494 e. The van der Waals surface area contributed by atoms with Crippen LogP contribution in [0.2, 0.25) is 0 Å². The van der Waals surface area contributed by atoms with Crippen LogP contribution < -0.4 is 10.1 Å². The van der Waals surface area contributed by atoms with Crippen molar-refractivity contribution in [1.82, 2.24) is 0 Å². The second-order valence-corrected chi connectivity index (χ2v) is 5.46. The molecule has 0 radical (unpaired) electrons. The van der Waals surface area contributed by atoms with E-state index in [4.69, 9.17) is 14.3 Å². The molecule has 0 saturated carbocycles. The van der Waals surface area contributed by atoms with Gasteiger partial charge in [-0.3, -0.25) is 9.59 Å². The maximum Gasteiger partial charge on any atom is 0.303 e. The van der Waals surface area contributed by atoms with E-state index in [0.717, 1.165) is 0 Å². The van der Waals surface area contributed by atoms with Gasteiger partial charge < -0.3 is 19.6 Å². The first-order valence-electron chi connectivity index (χ1n) is 6.98. The number of hydrogen-bond donors (Lipinski definition) is 2. The Morgan fingerprint density at radius 1 is 1.22 bits per heavy atom. The highest BCUT2D eigenvalue weighted by molar-refractivity contribution is 7.98. The van der Waals surface area contributed by atoms with Gasteiger partial charge >= 0.3 is 5.97 Å². The first-order chi connectivity index (χ1) is 11.1. The molecule has 1 aromatic heterocycles. The number of carbonyl (C=O) groups is 2. The summed E-state index contributed by atoms with van der Waals surface area (Å²) in [4.78, 5) is 22.4. The molecule has 1 aromatic carbocycles. The number of carboxylic acid groups (broad SMARTS) is 1. The van der Waals surface area contributed by atoms with E-state index in [9.17, 15) is 9.59 Å². The Morgan fingerprint density at radius 3 is 2.57 bits per heavy atom. The van der Waals surface area contributed by atoms with Crippen LogP contribution in [0.15, 0.2) is 45.9 Å². The van der Waals surface area contributed by atoms with Crippen molar-refractivity contribution in [2.45, 2.75) is 17.9 Å². The average molecular weight is 335 g/mol. The van der Waals surface area contributed by atoms with Crippen LogP contribution in [-0.2, 0) is 4.79 Å². The van der Waals surface area contributed by atoms with Crippen LogP contribution in [0.25, 0.3) is 0 Å². The highest BCUT2D eigenvalue weighted by atomic mass is 32.2. The lowest BCUT2D eigenvalue weighted by atomic mass is 10.3. The van der Waals surface area contributed by atoms with Crippen molar-refractivity contribution in [3.8, 4) is 5.75 Å². The molecular weight excluding hydrogens is 318 g/mol. The van der Waals surface area contributed by atoms with Crippen molar-refractivity contribution in [2.24, 2.45) is 0 Å². The number of anilines is 1. The number of amides is 1. The van der Waals surface area contributed by atoms with Crippen molar-refractivity contribution in [1.29, 1.82) is 0 Å². The van der Waals surface area contributed by atoms with Gasteiger partial charge in [-0.05, 0) is 49.1 Å². The standard InChI is InChI=1S/C16H17NO5S/c1-23-15-9-8-13(22-15)16(20)17-11-4-6-12(7-5-11)21-10-2-3-14(18)19/h4-9H,2-3,10H2,1H3,(H,17,20)(H,18,19). The van der Waals surface area contributed by atoms with Gasteiger partial charge in [0.15, 0.2) is 10.9 Å². The number of nitrogens with one attached hydrogen (secondary N) is 1. The van der Waals surface area contributed by atoms with E-state index in [1.807, 2.05) is 6.26 Å². The minimum atomic E-state index is -0.839. The van der Waals surface area contributed by atoms with E-state index in [2.05, 4.69) is 5.32 Å². The molecule has 0 atom stereocenters. The number of ether oxygens (including phenoxy) is 1. The van der Waals surface area contributed by atoms with Crippen LogP contribution in [-0.4, -0.2) is 29.8 Å². The van der Waals surface area contributed by atoms with Gasteiger partial charge in [-0.25, -0.2) is 0 Å². The third-order valence-electron chi connectivity index (χ3n) is 2.92. The first-order valence-corrected chi connectivity index (χ1v) is 8.21. The molecule has 2 aromatic rings. The number of hydrogen-bond acceptors (Lipinski definition) is 5. The van der Waals surface area contributed by atoms with Crippen molar-refractivity contribution >= 4 is 29.3 Å². The highest BCUT2D eigenvalue weighted by Crippen LogP contribution is 2.20. The largest absolute Gasteiger partial charge is 0.494 e. The number of rotatable bonds is 8. The molecule has 2 N–H and O–H groups in total. The van der Waals surface area contributed by atoms with Crippen LogP contribution >= 0.6 is 11.8 Å². The van der Waals surface area contributed by atoms with E-state index in [1.165, 1.54) is 11.8 Å². The molecule has 1 heterocycles. The molecule has 0 saturated heterocycles. The second kappa shape index (κ2) is 8.28. The monoisotopic (exact) mass is 335 g/mol. The Hall–Kier alpha value is -2.41. The third-order valence-corrected chi connectivity index (χ3v) is 3.54. The fraction of sp³-hybridized carbons (Fsp3) is 0.250. The summed E-state index contributed by atoms with van der Waals surface area (Å²) in [5, 5.41) is 11.9. The van der Waals surface area contributed by atoms with Crippen LogP contribution in [0.5, 0.6) is 5.75 Å². The summed E-state index contributed by atoms with van der Waals surface area (Å²) in [5.41, 5.74) is 0.620. The van der Waals surface area contributed by atoms with Gasteiger partial charge in [0.25, 0.3) is 5.91 Å². The summed E-state index contributed by atoms with van der Waals surface area (Å²) in [5.74, 6) is -0.283. The summed E-state index contributed by atoms with van der Waals surface area (Å²) in [6, 6.07) is 10.2. The fourth-order valence-corrected chi connectivity index (χ4v) is 2.17. The predicted octanol–water partition coefficient (Wildman–Crippen LogP) is 3.50. The van der Waals surface area contributed by atoms with E-state index >= 15 is 0 Å². The Labute approximate surface area is 137 Å². The zero-order valence-electron chi connectivity index (χ0n) is 12.6. The Kier molecular flexibility index (Phi) is 6.10.